The number of aryl methyl sites for hydroxylation is 2. The molecule has 0 aliphatic carbocycles. The molecule has 4 rings (SSSR count). The number of anilines is 1. The van der Waals surface area contributed by atoms with Crippen molar-refractivity contribution in [2.45, 2.75) is 25.3 Å². The molecule has 0 bridgehead atoms. The second kappa shape index (κ2) is 9.29. The number of hydrogen-bond acceptors (Lipinski definition) is 5. The molecule has 1 aliphatic heterocycles. The minimum atomic E-state index is -3.69. The zero-order chi connectivity index (χ0) is 23.8. The molecule has 8 heteroatoms. The van der Waals surface area contributed by atoms with Crippen LogP contribution >= 0.6 is 0 Å². The van der Waals surface area contributed by atoms with Gasteiger partial charge in [-0.3, -0.25) is 13.9 Å². The van der Waals surface area contributed by atoms with Gasteiger partial charge in [-0.2, -0.15) is 5.10 Å². The first-order chi connectivity index (χ1) is 15.7. The fourth-order valence-corrected chi connectivity index (χ4v) is 5.73. The van der Waals surface area contributed by atoms with Crippen LogP contribution in [-0.4, -0.2) is 68.3 Å². The van der Waals surface area contributed by atoms with Crippen molar-refractivity contribution in [2.24, 2.45) is 7.05 Å². The average molecular weight is 468 g/mol. The standard InChI is InChI=1S/C25H33N5O2S/c1-19-25(20(2)28(4)26-19)29(5)33(31,32)24-11-9-22(10-12-24)23-8-6-7-21(17-23)18-30-15-13-27(3)14-16-30/h6-12,17H,13-16,18H2,1-5H3. The molecule has 33 heavy (non-hydrogen) atoms. The van der Waals surface area contributed by atoms with Gasteiger partial charge >= 0.3 is 0 Å². The summed E-state index contributed by atoms with van der Waals surface area (Å²) in [6.45, 7) is 8.99. The van der Waals surface area contributed by atoms with Crippen molar-refractivity contribution >= 4 is 15.7 Å². The van der Waals surface area contributed by atoms with Gasteiger partial charge in [0.15, 0.2) is 0 Å². The van der Waals surface area contributed by atoms with E-state index in [1.807, 2.05) is 33.0 Å². The van der Waals surface area contributed by atoms with Crippen LogP contribution in [-0.2, 0) is 23.6 Å². The number of hydrogen-bond donors (Lipinski definition) is 0. The van der Waals surface area contributed by atoms with E-state index in [4.69, 9.17) is 0 Å². The Balaban J connectivity index is 1.53. The normalized spacial score (nSPS) is 15.7. The lowest BCUT2D eigenvalue weighted by atomic mass is 10.0. The van der Waals surface area contributed by atoms with Gasteiger partial charge in [0.25, 0.3) is 10.0 Å². The van der Waals surface area contributed by atoms with E-state index in [1.54, 1.807) is 23.9 Å². The van der Waals surface area contributed by atoms with E-state index in [0.717, 1.165) is 49.5 Å². The van der Waals surface area contributed by atoms with Crippen LogP contribution in [0.15, 0.2) is 53.4 Å². The van der Waals surface area contributed by atoms with E-state index in [2.05, 4.69) is 46.2 Å². The Hall–Kier alpha value is -2.68. The fourth-order valence-electron chi connectivity index (χ4n) is 4.43. The molecule has 0 radical (unpaired) electrons. The largest absolute Gasteiger partial charge is 0.304 e. The molecule has 3 aromatic rings. The second-order valence-corrected chi connectivity index (χ2v) is 10.9. The summed E-state index contributed by atoms with van der Waals surface area (Å²) in [5, 5.41) is 4.35. The topological polar surface area (TPSA) is 61.7 Å². The summed E-state index contributed by atoms with van der Waals surface area (Å²) in [4.78, 5) is 5.11. The number of nitrogens with zero attached hydrogens (tertiary/aromatic N) is 5. The van der Waals surface area contributed by atoms with Gasteiger partial charge in [0.1, 0.15) is 0 Å². The first-order valence-corrected chi connectivity index (χ1v) is 12.7. The maximum absolute atomic E-state index is 13.3. The van der Waals surface area contributed by atoms with Crippen LogP contribution in [0.1, 0.15) is 17.0 Å². The summed E-state index contributed by atoms with van der Waals surface area (Å²) in [5.41, 5.74) is 5.50. The van der Waals surface area contributed by atoms with Gasteiger partial charge in [-0.05, 0) is 55.8 Å². The SMILES string of the molecule is Cc1nn(C)c(C)c1N(C)S(=O)(=O)c1ccc(-c2cccc(CN3CCN(C)CC3)c2)cc1. The third-order valence-corrected chi connectivity index (χ3v) is 8.33. The van der Waals surface area contributed by atoms with E-state index in [1.165, 1.54) is 9.87 Å². The molecule has 2 heterocycles. The zero-order valence-electron chi connectivity index (χ0n) is 20.1. The van der Waals surface area contributed by atoms with E-state index in [9.17, 15) is 8.42 Å². The molecule has 1 aliphatic rings. The molecule has 1 aromatic heterocycles. The van der Waals surface area contributed by atoms with Crippen LogP contribution in [0.2, 0.25) is 0 Å². The first-order valence-electron chi connectivity index (χ1n) is 11.3. The summed E-state index contributed by atoms with van der Waals surface area (Å²) in [6.07, 6.45) is 0. The molecule has 1 saturated heterocycles. The van der Waals surface area contributed by atoms with Crippen LogP contribution < -0.4 is 4.31 Å². The van der Waals surface area contributed by atoms with Crippen molar-refractivity contribution in [1.82, 2.24) is 19.6 Å². The monoisotopic (exact) mass is 467 g/mol. The van der Waals surface area contributed by atoms with Crippen LogP contribution in [0.4, 0.5) is 5.69 Å². The molecule has 2 aromatic carbocycles. The summed E-state index contributed by atoms with van der Waals surface area (Å²) >= 11 is 0. The van der Waals surface area contributed by atoms with Crippen molar-refractivity contribution in [2.75, 3.05) is 44.6 Å². The summed E-state index contributed by atoms with van der Waals surface area (Å²) in [7, 11) is 1.88. The predicted molar refractivity (Wildman–Crippen MR) is 133 cm³/mol. The molecule has 176 valence electrons. The van der Waals surface area contributed by atoms with Gasteiger partial charge in [-0.25, -0.2) is 8.42 Å². The van der Waals surface area contributed by atoms with Gasteiger partial charge in [-0.1, -0.05) is 30.3 Å². The van der Waals surface area contributed by atoms with Crippen LogP contribution in [0, 0.1) is 13.8 Å². The first kappa shape index (κ1) is 23.5. The Morgan fingerprint density at radius 3 is 2.21 bits per heavy atom. The van der Waals surface area contributed by atoms with E-state index < -0.39 is 10.0 Å². The number of benzene rings is 2. The molecular formula is C25H33N5O2S. The van der Waals surface area contributed by atoms with Crippen LogP contribution in [0.5, 0.6) is 0 Å². The van der Waals surface area contributed by atoms with Gasteiger partial charge in [-0.15, -0.1) is 0 Å². The smallest absolute Gasteiger partial charge is 0.264 e. The number of piperazine rings is 1. The Morgan fingerprint density at radius 1 is 0.939 bits per heavy atom. The highest BCUT2D eigenvalue weighted by molar-refractivity contribution is 7.92. The third kappa shape index (κ3) is 4.83. The van der Waals surface area contributed by atoms with E-state index in [-0.39, 0.29) is 4.90 Å². The molecule has 1 fully saturated rings. The predicted octanol–water partition coefficient (Wildman–Crippen LogP) is 3.28. The minimum absolute atomic E-state index is 0.269. The van der Waals surface area contributed by atoms with Gasteiger partial charge in [0.2, 0.25) is 0 Å². The highest BCUT2D eigenvalue weighted by Gasteiger charge is 2.26. The molecule has 0 saturated carbocycles. The highest BCUT2D eigenvalue weighted by Crippen LogP contribution is 2.29. The lowest BCUT2D eigenvalue weighted by molar-refractivity contribution is 0.148. The third-order valence-electron chi connectivity index (χ3n) is 6.56. The molecule has 0 amide bonds. The maximum atomic E-state index is 13.3. The van der Waals surface area contributed by atoms with Crippen molar-refractivity contribution in [1.29, 1.82) is 0 Å². The summed E-state index contributed by atoms with van der Waals surface area (Å²) < 4.78 is 29.6. The molecule has 0 unspecified atom stereocenters. The number of likely N-dealkylation sites (N-methyl/N-ethyl adjacent to an activating group) is 1. The van der Waals surface area contributed by atoms with Crippen molar-refractivity contribution in [3.8, 4) is 11.1 Å². The molecule has 0 spiro atoms. The number of sulfonamides is 1. The quantitative estimate of drug-likeness (QED) is 0.557. The van der Waals surface area contributed by atoms with Gasteiger partial charge < -0.3 is 4.90 Å². The molecule has 0 atom stereocenters. The maximum Gasteiger partial charge on any atom is 0.264 e. The van der Waals surface area contributed by atoms with Crippen LogP contribution in [0.3, 0.4) is 0 Å². The van der Waals surface area contributed by atoms with Crippen molar-refractivity contribution in [3.05, 3.63) is 65.5 Å². The molecular weight excluding hydrogens is 434 g/mol. The lowest BCUT2D eigenvalue weighted by Crippen LogP contribution is -2.43. The van der Waals surface area contributed by atoms with Gasteiger partial charge in [0.05, 0.1) is 22.0 Å². The van der Waals surface area contributed by atoms with Gasteiger partial charge in [0, 0.05) is 46.8 Å². The molecule has 0 N–H and O–H groups in total. The highest BCUT2D eigenvalue weighted by atomic mass is 32.2. The Bertz CT molecular complexity index is 1230. The summed E-state index contributed by atoms with van der Waals surface area (Å²) in [5.74, 6) is 0. The average Bonchev–Trinajstić information content (AvgIpc) is 3.06. The van der Waals surface area contributed by atoms with E-state index >= 15 is 0 Å². The Kier molecular flexibility index (Phi) is 6.61. The minimum Gasteiger partial charge on any atom is -0.304 e. The lowest BCUT2D eigenvalue weighted by Gasteiger charge is -2.32. The molecule has 7 nitrogen and oxygen atoms in total. The number of aromatic nitrogens is 2. The van der Waals surface area contributed by atoms with Crippen molar-refractivity contribution in [3.63, 3.8) is 0 Å². The van der Waals surface area contributed by atoms with Crippen LogP contribution in [0.25, 0.3) is 11.1 Å². The second-order valence-electron chi connectivity index (χ2n) is 8.92. The van der Waals surface area contributed by atoms with E-state index in [0.29, 0.717) is 11.4 Å². The zero-order valence-corrected chi connectivity index (χ0v) is 20.9. The Labute approximate surface area is 197 Å². The summed E-state index contributed by atoms with van der Waals surface area (Å²) in [6, 6.07) is 15.7. The Morgan fingerprint density at radius 2 is 1.61 bits per heavy atom. The number of rotatable bonds is 6. The van der Waals surface area contributed by atoms with Crippen molar-refractivity contribution < 1.29 is 8.42 Å². The fraction of sp³-hybridized carbons (Fsp3) is 0.400.